The van der Waals surface area contributed by atoms with E-state index in [0.29, 0.717) is 5.56 Å². The molecule has 1 fully saturated rings. The van der Waals surface area contributed by atoms with Crippen LogP contribution >= 0.6 is 12.0 Å². The van der Waals surface area contributed by atoms with Crippen molar-refractivity contribution >= 4 is 24.0 Å². The fourth-order valence-electron chi connectivity index (χ4n) is 2.62. The fraction of sp³-hybridized carbons (Fsp3) is 0.556. The molecule has 1 aliphatic rings. The summed E-state index contributed by atoms with van der Waals surface area (Å²) in [7, 11) is 0. The minimum Gasteiger partial charge on any atom is -0.444 e. The molecule has 1 aromatic rings. The molecule has 0 bridgehead atoms. The van der Waals surface area contributed by atoms with E-state index < -0.39 is 47.4 Å². The number of benzene rings is 1. The lowest BCUT2D eigenvalue weighted by Gasteiger charge is -2.26. The van der Waals surface area contributed by atoms with Crippen LogP contribution < -0.4 is 9.50 Å². The Hall–Kier alpha value is -2.17. The Morgan fingerprint density at radius 3 is 2.31 bits per heavy atom. The molecular weight excluding hydrogens is 416 g/mol. The van der Waals surface area contributed by atoms with Crippen LogP contribution in [0.25, 0.3) is 0 Å². The van der Waals surface area contributed by atoms with Crippen LogP contribution in [0, 0.1) is 0 Å². The molecule has 2 atom stereocenters. The maximum Gasteiger partial charge on any atom is 0.479 e. The molecule has 2 amide bonds. The van der Waals surface area contributed by atoms with Crippen LogP contribution in [0.1, 0.15) is 38.8 Å². The van der Waals surface area contributed by atoms with Crippen LogP contribution in [0.5, 0.6) is 5.75 Å². The first-order chi connectivity index (χ1) is 13.3. The van der Waals surface area contributed by atoms with Gasteiger partial charge in [-0.2, -0.15) is 13.2 Å². The number of carbonyl (C=O) groups is 2. The van der Waals surface area contributed by atoms with E-state index in [1.165, 1.54) is 29.2 Å². The lowest BCUT2D eigenvalue weighted by molar-refractivity contribution is -0.132. The average Bonchev–Trinajstić information content (AvgIpc) is 3.02. The molecule has 6 nitrogen and oxygen atoms in total. The molecule has 0 aliphatic carbocycles. The monoisotopic (exact) mass is 438 g/mol. The van der Waals surface area contributed by atoms with Crippen LogP contribution in [0.2, 0.25) is 0 Å². The molecule has 2 unspecified atom stereocenters. The van der Waals surface area contributed by atoms with E-state index in [0.717, 1.165) is 0 Å². The zero-order valence-electron chi connectivity index (χ0n) is 16.1. The molecule has 1 aliphatic heterocycles. The number of alkyl halides is 4. The Labute approximate surface area is 170 Å². The summed E-state index contributed by atoms with van der Waals surface area (Å²) in [6.07, 6.45) is -1.79. The Morgan fingerprint density at radius 2 is 1.83 bits per heavy atom. The third-order valence-corrected chi connectivity index (χ3v) is 4.26. The summed E-state index contributed by atoms with van der Waals surface area (Å²) in [5.41, 5.74) is -5.07. The van der Waals surface area contributed by atoms with Gasteiger partial charge in [0.2, 0.25) is 5.91 Å². The number of nitrogens with zero attached hydrogens (tertiary/aromatic N) is 1. The van der Waals surface area contributed by atoms with Gasteiger partial charge in [-0.1, -0.05) is 12.1 Å². The zero-order chi connectivity index (χ0) is 21.8. The second-order valence-electron chi connectivity index (χ2n) is 7.43. The molecule has 0 radical (unpaired) electrons. The molecule has 1 N–H and O–H groups in total. The summed E-state index contributed by atoms with van der Waals surface area (Å²) in [6.45, 7) is 5.08. The number of halogens is 4. The lowest BCUT2D eigenvalue weighted by Crippen LogP contribution is -2.43. The summed E-state index contributed by atoms with van der Waals surface area (Å²) in [5.74, 6) is -0.612. The standard InChI is InChI=1S/C18H22F4N2O4S/c1-17(2,3)27-16(26)23-14(15(25)24-9-8-12(19)10-24)11-4-6-13(7-5-11)28-29-18(20,21)22/h4-7,12,14H,8-10H2,1-3H3,(H,23,26). The third-order valence-electron chi connectivity index (χ3n) is 3.80. The van der Waals surface area contributed by atoms with Crippen LogP contribution in [-0.2, 0) is 9.53 Å². The van der Waals surface area contributed by atoms with Crippen molar-refractivity contribution in [3.05, 3.63) is 29.8 Å². The highest BCUT2D eigenvalue weighted by Crippen LogP contribution is 2.33. The number of nitrogens with one attached hydrogen (secondary N) is 1. The number of alkyl carbamates (subject to hydrolysis) is 1. The first-order valence-electron chi connectivity index (χ1n) is 8.79. The van der Waals surface area contributed by atoms with E-state index in [1.807, 2.05) is 0 Å². The highest BCUT2D eigenvalue weighted by molar-refractivity contribution is 7.95. The van der Waals surface area contributed by atoms with Crippen LogP contribution in [0.3, 0.4) is 0 Å². The van der Waals surface area contributed by atoms with Crippen molar-refractivity contribution in [1.29, 1.82) is 0 Å². The minimum atomic E-state index is -4.56. The van der Waals surface area contributed by atoms with Crippen LogP contribution in [0.15, 0.2) is 24.3 Å². The predicted octanol–water partition coefficient (Wildman–Crippen LogP) is 4.37. The van der Waals surface area contributed by atoms with Crippen molar-refractivity contribution in [2.75, 3.05) is 13.1 Å². The van der Waals surface area contributed by atoms with E-state index in [4.69, 9.17) is 4.74 Å². The van der Waals surface area contributed by atoms with Gasteiger partial charge in [0.15, 0.2) is 12.0 Å². The molecule has 11 heteroatoms. The molecule has 1 saturated heterocycles. The molecule has 1 heterocycles. The number of ether oxygens (including phenoxy) is 1. The smallest absolute Gasteiger partial charge is 0.444 e. The molecule has 162 valence electrons. The second-order valence-corrected chi connectivity index (χ2v) is 8.23. The summed E-state index contributed by atoms with van der Waals surface area (Å²) >= 11 is -0.662. The Balaban J connectivity index is 2.17. The topological polar surface area (TPSA) is 67.9 Å². The fourth-order valence-corrected chi connectivity index (χ4v) is 2.93. The van der Waals surface area contributed by atoms with E-state index in [1.54, 1.807) is 20.8 Å². The molecule has 0 aromatic heterocycles. The summed E-state index contributed by atoms with van der Waals surface area (Å²) in [6, 6.07) is 4.02. The van der Waals surface area contributed by atoms with Gasteiger partial charge in [-0.3, -0.25) is 4.79 Å². The van der Waals surface area contributed by atoms with Gasteiger partial charge in [-0.05, 0) is 44.9 Å². The molecule has 29 heavy (non-hydrogen) atoms. The minimum absolute atomic E-state index is 0.0791. The third kappa shape index (κ3) is 7.64. The Bertz CT molecular complexity index is 722. The zero-order valence-corrected chi connectivity index (χ0v) is 16.9. The average molecular weight is 438 g/mol. The van der Waals surface area contributed by atoms with Gasteiger partial charge >= 0.3 is 11.6 Å². The first-order valence-corrected chi connectivity index (χ1v) is 9.53. The van der Waals surface area contributed by atoms with Gasteiger partial charge in [0, 0.05) is 6.54 Å². The van der Waals surface area contributed by atoms with E-state index in [2.05, 4.69) is 9.50 Å². The van der Waals surface area contributed by atoms with Crippen molar-refractivity contribution in [3.63, 3.8) is 0 Å². The lowest BCUT2D eigenvalue weighted by atomic mass is 10.1. The van der Waals surface area contributed by atoms with Crippen molar-refractivity contribution in [2.45, 2.75) is 50.5 Å². The SMILES string of the molecule is CC(C)(C)OC(=O)NC(C(=O)N1CCC(F)C1)c1ccc(OSC(F)(F)F)cc1. The quantitative estimate of drug-likeness (QED) is 0.546. The van der Waals surface area contributed by atoms with Gasteiger partial charge in [-0.15, -0.1) is 0 Å². The van der Waals surface area contributed by atoms with E-state index in [9.17, 15) is 27.2 Å². The largest absolute Gasteiger partial charge is 0.479 e. The van der Waals surface area contributed by atoms with Crippen molar-refractivity contribution < 1.29 is 36.1 Å². The Morgan fingerprint density at radius 1 is 1.21 bits per heavy atom. The summed E-state index contributed by atoms with van der Waals surface area (Å²) < 4.78 is 59.9. The number of amides is 2. The molecule has 0 saturated carbocycles. The predicted molar refractivity (Wildman–Crippen MR) is 98.9 cm³/mol. The van der Waals surface area contributed by atoms with E-state index >= 15 is 0 Å². The molecule has 1 aromatic carbocycles. The van der Waals surface area contributed by atoms with E-state index in [-0.39, 0.29) is 25.3 Å². The number of likely N-dealkylation sites (tertiary alicyclic amines) is 1. The van der Waals surface area contributed by atoms with Crippen LogP contribution in [0.4, 0.5) is 22.4 Å². The molecule has 0 spiro atoms. The number of rotatable bonds is 5. The van der Waals surface area contributed by atoms with Crippen molar-refractivity contribution in [1.82, 2.24) is 10.2 Å². The summed E-state index contributed by atoms with van der Waals surface area (Å²) in [4.78, 5) is 26.3. The highest BCUT2D eigenvalue weighted by Gasteiger charge is 2.34. The molecular formula is C18H22F4N2O4S. The molecule has 2 rings (SSSR count). The normalized spacial score (nSPS) is 18.3. The van der Waals surface area contributed by atoms with Crippen molar-refractivity contribution in [2.24, 2.45) is 0 Å². The van der Waals surface area contributed by atoms with Gasteiger partial charge in [0.05, 0.1) is 6.54 Å². The van der Waals surface area contributed by atoms with Gasteiger partial charge in [0.1, 0.15) is 23.6 Å². The summed E-state index contributed by atoms with van der Waals surface area (Å²) in [5, 5.41) is 2.46. The first kappa shape index (κ1) is 23.1. The Kier molecular flexibility index (Phi) is 7.25. The van der Waals surface area contributed by atoms with Crippen LogP contribution in [-0.4, -0.2) is 47.3 Å². The maximum absolute atomic E-state index is 13.5. The number of hydrogen-bond donors (Lipinski definition) is 1. The number of carbonyl (C=O) groups excluding carboxylic acids is 2. The van der Waals surface area contributed by atoms with Gasteiger partial charge in [-0.25, -0.2) is 9.18 Å². The van der Waals surface area contributed by atoms with Crippen molar-refractivity contribution in [3.8, 4) is 5.75 Å². The number of hydrogen-bond acceptors (Lipinski definition) is 5. The van der Waals surface area contributed by atoms with Gasteiger partial charge in [0.25, 0.3) is 0 Å². The maximum atomic E-state index is 13.5. The highest BCUT2D eigenvalue weighted by atomic mass is 32.2. The van der Waals surface area contributed by atoms with Gasteiger partial charge < -0.3 is 19.1 Å². The second kappa shape index (κ2) is 9.10.